The van der Waals surface area contributed by atoms with Crippen molar-refractivity contribution in [1.82, 2.24) is 10.3 Å². The number of nitrogens with zero attached hydrogens (tertiary/aromatic N) is 1. The van der Waals surface area contributed by atoms with E-state index < -0.39 is 0 Å². The molecular weight excluding hydrogens is 246 g/mol. The summed E-state index contributed by atoms with van der Waals surface area (Å²) in [5.41, 5.74) is 8.35. The van der Waals surface area contributed by atoms with Crippen LogP contribution in [0.25, 0.3) is 0 Å². The lowest BCUT2D eigenvalue weighted by atomic mass is 9.73. The van der Waals surface area contributed by atoms with Crippen molar-refractivity contribution in [3.8, 4) is 0 Å². The molecule has 0 radical (unpaired) electrons. The average molecular weight is 267 g/mol. The van der Waals surface area contributed by atoms with Gasteiger partial charge in [0.25, 0.3) is 0 Å². The van der Waals surface area contributed by atoms with Crippen LogP contribution in [-0.4, -0.2) is 17.4 Å². The van der Waals surface area contributed by atoms with Crippen molar-refractivity contribution in [3.63, 3.8) is 0 Å². The fraction of sp³-hybridized carbons (Fsp3) is 0.692. The molecule has 0 saturated heterocycles. The molecule has 1 amide bonds. The molecule has 1 saturated carbocycles. The van der Waals surface area contributed by atoms with Crippen molar-refractivity contribution in [2.24, 2.45) is 11.1 Å². The predicted molar refractivity (Wildman–Crippen MR) is 73.3 cm³/mol. The van der Waals surface area contributed by atoms with Crippen LogP contribution in [0.3, 0.4) is 0 Å². The number of aryl methyl sites for hydroxylation is 1. The molecule has 0 spiro atoms. The molecule has 1 aromatic rings. The van der Waals surface area contributed by atoms with E-state index in [2.05, 4.69) is 10.3 Å². The first-order chi connectivity index (χ1) is 8.68. The highest BCUT2D eigenvalue weighted by Crippen LogP contribution is 2.35. The van der Waals surface area contributed by atoms with Crippen molar-refractivity contribution in [2.45, 2.75) is 45.6 Å². The van der Waals surface area contributed by atoms with Crippen LogP contribution in [0.15, 0.2) is 5.51 Å². The molecule has 18 heavy (non-hydrogen) atoms. The Labute approximate surface area is 112 Å². The Morgan fingerprint density at radius 1 is 1.50 bits per heavy atom. The van der Waals surface area contributed by atoms with Crippen LogP contribution >= 0.6 is 11.3 Å². The minimum Gasteiger partial charge on any atom is -0.351 e. The average Bonchev–Trinajstić information content (AvgIpc) is 2.82. The number of hydrogen-bond donors (Lipinski definition) is 2. The van der Waals surface area contributed by atoms with E-state index in [4.69, 9.17) is 5.73 Å². The van der Waals surface area contributed by atoms with Gasteiger partial charge in [0.05, 0.1) is 23.2 Å². The number of thiazole rings is 1. The first-order valence-corrected chi connectivity index (χ1v) is 7.43. The smallest absolute Gasteiger partial charge is 0.227 e. The van der Waals surface area contributed by atoms with E-state index in [1.807, 2.05) is 12.4 Å². The van der Waals surface area contributed by atoms with E-state index in [1.165, 1.54) is 6.42 Å². The van der Waals surface area contributed by atoms with Crippen LogP contribution < -0.4 is 11.1 Å². The first-order valence-electron chi connectivity index (χ1n) is 6.55. The fourth-order valence-corrected chi connectivity index (χ4v) is 3.31. The number of nitrogens with one attached hydrogen (secondary N) is 1. The zero-order chi connectivity index (χ0) is 13.0. The second-order valence-electron chi connectivity index (χ2n) is 5.09. The number of hydrogen-bond acceptors (Lipinski definition) is 4. The number of carbonyl (C=O) groups is 1. The van der Waals surface area contributed by atoms with Crippen molar-refractivity contribution in [2.75, 3.05) is 6.54 Å². The van der Waals surface area contributed by atoms with Crippen LogP contribution in [0.5, 0.6) is 0 Å². The monoisotopic (exact) mass is 267 g/mol. The SMILES string of the molecule is Cc1ncsc1CNC(=O)C1(CN)CCCCC1. The van der Waals surface area contributed by atoms with E-state index in [-0.39, 0.29) is 11.3 Å². The van der Waals surface area contributed by atoms with E-state index in [9.17, 15) is 4.79 Å². The maximum Gasteiger partial charge on any atom is 0.227 e. The molecule has 0 unspecified atom stereocenters. The Kier molecular flexibility index (Phi) is 4.35. The van der Waals surface area contributed by atoms with E-state index in [1.54, 1.807) is 11.3 Å². The van der Waals surface area contributed by atoms with Crippen LogP contribution in [0.4, 0.5) is 0 Å². The number of carbonyl (C=O) groups excluding carboxylic acids is 1. The third kappa shape index (κ3) is 2.72. The maximum atomic E-state index is 12.4. The lowest BCUT2D eigenvalue weighted by molar-refractivity contribution is -0.132. The summed E-state index contributed by atoms with van der Waals surface area (Å²) in [6.45, 7) is 3.01. The Morgan fingerprint density at radius 2 is 2.22 bits per heavy atom. The van der Waals surface area contributed by atoms with Crippen LogP contribution in [0.2, 0.25) is 0 Å². The highest BCUT2D eigenvalue weighted by Gasteiger charge is 2.37. The summed E-state index contributed by atoms with van der Waals surface area (Å²) in [6.07, 6.45) is 5.31. The standard InChI is InChI=1S/C13H21N3OS/c1-10-11(18-9-16-10)7-15-12(17)13(8-14)5-3-2-4-6-13/h9H,2-8,14H2,1H3,(H,15,17). The van der Waals surface area contributed by atoms with Gasteiger partial charge < -0.3 is 11.1 Å². The molecule has 0 atom stereocenters. The van der Waals surface area contributed by atoms with Gasteiger partial charge in [-0.25, -0.2) is 4.98 Å². The van der Waals surface area contributed by atoms with Crippen LogP contribution in [0.1, 0.15) is 42.7 Å². The van der Waals surface area contributed by atoms with Crippen molar-refractivity contribution in [1.29, 1.82) is 0 Å². The van der Waals surface area contributed by atoms with Gasteiger partial charge in [0.2, 0.25) is 5.91 Å². The largest absolute Gasteiger partial charge is 0.351 e. The fourth-order valence-electron chi connectivity index (χ4n) is 2.60. The van der Waals surface area contributed by atoms with Gasteiger partial charge in [-0.2, -0.15) is 0 Å². The number of aromatic nitrogens is 1. The molecule has 1 aromatic heterocycles. The van der Waals surface area contributed by atoms with Gasteiger partial charge in [-0.3, -0.25) is 4.79 Å². The molecule has 4 nitrogen and oxygen atoms in total. The normalized spacial score (nSPS) is 18.6. The van der Waals surface area contributed by atoms with E-state index in [0.29, 0.717) is 13.1 Å². The van der Waals surface area contributed by atoms with Crippen molar-refractivity contribution < 1.29 is 4.79 Å². The summed E-state index contributed by atoms with van der Waals surface area (Å²) in [6, 6.07) is 0. The topological polar surface area (TPSA) is 68.0 Å². The lowest BCUT2D eigenvalue weighted by Gasteiger charge is -2.34. The molecule has 3 N–H and O–H groups in total. The number of amides is 1. The van der Waals surface area contributed by atoms with E-state index in [0.717, 1.165) is 36.3 Å². The van der Waals surface area contributed by atoms with Crippen LogP contribution in [-0.2, 0) is 11.3 Å². The molecule has 1 aliphatic rings. The van der Waals surface area contributed by atoms with Gasteiger partial charge in [0, 0.05) is 11.4 Å². The molecule has 2 rings (SSSR count). The molecule has 0 aliphatic heterocycles. The Bertz CT molecular complexity index is 410. The molecule has 100 valence electrons. The third-order valence-electron chi connectivity index (χ3n) is 3.94. The van der Waals surface area contributed by atoms with Crippen molar-refractivity contribution >= 4 is 17.2 Å². The highest BCUT2D eigenvalue weighted by molar-refractivity contribution is 7.09. The zero-order valence-electron chi connectivity index (χ0n) is 10.9. The first kappa shape index (κ1) is 13.5. The summed E-state index contributed by atoms with van der Waals surface area (Å²) >= 11 is 1.59. The van der Waals surface area contributed by atoms with Gasteiger partial charge in [0.15, 0.2) is 0 Å². The van der Waals surface area contributed by atoms with Crippen LogP contribution in [0, 0.1) is 12.3 Å². The number of nitrogens with two attached hydrogens (primary N) is 1. The second kappa shape index (κ2) is 5.80. The molecular formula is C13H21N3OS. The lowest BCUT2D eigenvalue weighted by Crippen LogP contribution is -2.46. The molecule has 1 aliphatic carbocycles. The highest BCUT2D eigenvalue weighted by atomic mass is 32.1. The van der Waals surface area contributed by atoms with Gasteiger partial charge in [0.1, 0.15) is 0 Å². The summed E-state index contributed by atoms with van der Waals surface area (Å²) in [5, 5.41) is 3.04. The van der Waals surface area contributed by atoms with Gasteiger partial charge >= 0.3 is 0 Å². The van der Waals surface area contributed by atoms with Crippen molar-refractivity contribution in [3.05, 3.63) is 16.1 Å². The van der Waals surface area contributed by atoms with E-state index >= 15 is 0 Å². The minimum absolute atomic E-state index is 0.123. The van der Waals surface area contributed by atoms with Gasteiger partial charge in [-0.05, 0) is 19.8 Å². The third-order valence-corrected chi connectivity index (χ3v) is 4.87. The Morgan fingerprint density at radius 3 is 2.78 bits per heavy atom. The maximum absolute atomic E-state index is 12.4. The second-order valence-corrected chi connectivity index (χ2v) is 6.03. The van der Waals surface area contributed by atoms with Gasteiger partial charge in [-0.15, -0.1) is 11.3 Å². The van der Waals surface area contributed by atoms with Gasteiger partial charge in [-0.1, -0.05) is 19.3 Å². The molecule has 0 bridgehead atoms. The Balaban J connectivity index is 1.96. The molecule has 1 heterocycles. The molecule has 5 heteroatoms. The summed E-state index contributed by atoms with van der Waals surface area (Å²) < 4.78 is 0. The number of rotatable bonds is 4. The summed E-state index contributed by atoms with van der Waals surface area (Å²) in [4.78, 5) is 17.7. The minimum atomic E-state index is -0.323. The summed E-state index contributed by atoms with van der Waals surface area (Å²) in [5.74, 6) is 0.123. The predicted octanol–water partition coefficient (Wildman–Crippen LogP) is 1.98. The summed E-state index contributed by atoms with van der Waals surface area (Å²) in [7, 11) is 0. The quantitative estimate of drug-likeness (QED) is 0.876. The molecule has 0 aromatic carbocycles. The Hall–Kier alpha value is -0.940. The zero-order valence-corrected chi connectivity index (χ0v) is 11.7. The molecule has 1 fully saturated rings.